The van der Waals surface area contributed by atoms with Crippen LogP contribution in [0.15, 0.2) is 47.5 Å². The summed E-state index contributed by atoms with van der Waals surface area (Å²) in [4.78, 5) is 7.23. The van der Waals surface area contributed by atoms with Crippen LogP contribution in [0.5, 0.6) is 0 Å². The third kappa shape index (κ3) is 2.59. The van der Waals surface area contributed by atoms with E-state index in [1.165, 1.54) is 12.8 Å². The van der Waals surface area contributed by atoms with E-state index in [4.69, 9.17) is 4.55 Å². The van der Waals surface area contributed by atoms with Crippen molar-refractivity contribution in [3.05, 3.63) is 42.6 Å². The standard InChI is InChI=1S/C15H16N2O2S/c18-20(19)13-7-5-12(6-8-13)14-4-3-9-16-15(14)17-10-1-2-11-17/h3-9H,1-2,10-11H2,(H,18,19). The normalized spacial score (nSPS) is 16.4. The Bertz CT molecular complexity index is 622. The summed E-state index contributed by atoms with van der Waals surface area (Å²) in [6.07, 6.45) is 4.23. The maximum absolute atomic E-state index is 11.0. The van der Waals surface area contributed by atoms with Crippen molar-refractivity contribution in [2.45, 2.75) is 17.7 Å². The highest BCUT2D eigenvalue weighted by Crippen LogP contribution is 2.31. The first-order valence-electron chi connectivity index (χ1n) is 6.67. The lowest BCUT2D eigenvalue weighted by atomic mass is 10.1. The topological polar surface area (TPSA) is 53.4 Å². The van der Waals surface area contributed by atoms with Gasteiger partial charge in [-0.1, -0.05) is 12.1 Å². The van der Waals surface area contributed by atoms with Crippen molar-refractivity contribution in [2.75, 3.05) is 18.0 Å². The van der Waals surface area contributed by atoms with Gasteiger partial charge in [-0.15, -0.1) is 0 Å². The molecule has 1 unspecified atom stereocenters. The zero-order valence-electron chi connectivity index (χ0n) is 11.0. The molecule has 1 saturated heterocycles. The van der Waals surface area contributed by atoms with Gasteiger partial charge in [-0.05, 0) is 42.7 Å². The van der Waals surface area contributed by atoms with Crippen molar-refractivity contribution in [1.29, 1.82) is 0 Å². The van der Waals surface area contributed by atoms with E-state index in [9.17, 15) is 4.21 Å². The molecule has 3 rings (SSSR count). The number of hydrogen-bond donors (Lipinski definition) is 1. The van der Waals surface area contributed by atoms with Crippen molar-refractivity contribution < 1.29 is 8.76 Å². The monoisotopic (exact) mass is 288 g/mol. The number of hydrogen-bond acceptors (Lipinski definition) is 3. The Hall–Kier alpha value is -1.72. The van der Waals surface area contributed by atoms with Gasteiger partial charge in [0, 0.05) is 24.8 Å². The lowest BCUT2D eigenvalue weighted by Crippen LogP contribution is -2.19. The van der Waals surface area contributed by atoms with Crippen LogP contribution in [0.4, 0.5) is 5.82 Å². The quantitative estimate of drug-likeness (QED) is 0.882. The van der Waals surface area contributed by atoms with E-state index < -0.39 is 11.1 Å². The van der Waals surface area contributed by atoms with Gasteiger partial charge in [-0.2, -0.15) is 0 Å². The maximum atomic E-state index is 11.0. The Kier molecular flexibility index (Phi) is 3.80. The maximum Gasteiger partial charge on any atom is 0.186 e. The van der Waals surface area contributed by atoms with Crippen LogP contribution >= 0.6 is 0 Å². The number of pyridine rings is 1. The lowest BCUT2D eigenvalue weighted by Gasteiger charge is -2.19. The molecule has 1 aliphatic heterocycles. The summed E-state index contributed by atoms with van der Waals surface area (Å²) >= 11 is -1.93. The van der Waals surface area contributed by atoms with Gasteiger partial charge in [0.1, 0.15) is 5.82 Å². The fourth-order valence-electron chi connectivity index (χ4n) is 2.55. The van der Waals surface area contributed by atoms with Crippen molar-refractivity contribution in [2.24, 2.45) is 0 Å². The zero-order chi connectivity index (χ0) is 13.9. The van der Waals surface area contributed by atoms with Crippen molar-refractivity contribution >= 4 is 16.9 Å². The van der Waals surface area contributed by atoms with Crippen LogP contribution in [0.3, 0.4) is 0 Å². The molecular weight excluding hydrogens is 272 g/mol. The number of aromatic nitrogens is 1. The molecule has 1 N–H and O–H groups in total. The van der Waals surface area contributed by atoms with Gasteiger partial charge in [0.2, 0.25) is 0 Å². The molecule has 4 nitrogen and oxygen atoms in total. The molecule has 5 heteroatoms. The molecule has 0 amide bonds. The molecule has 0 radical (unpaired) electrons. The smallest absolute Gasteiger partial charge is 0.186 e. The summed E-state index contributed by atoms with van der Waals surface area (Å²) in [5.74, 6) is 1.00. The van der Waals surface area contributed by atoms with Crippen LogP contribution in [0, 0.1) is 0 Å². The first kappa shape index (κ1) is 13.3. The van der Waals surface area contributed by atoms with Crippen LogP contribution in [0.25, 0.3) is 11.1 Å². The fourth-order valence-corrected chi connectivity index (χ4v) is 2.92. The average molecular weight is 288 g/mol. The van der Waals surface area contributed by atoms with E-state index in [0.717, 1.165) is 30.0 Å². The summed E-state index contributed by atoms with van der Waals surface area (Å²) in [7, 11) is 0. The minimum Gasteiger partial charge on any atom is -0.356 e. The summed E-state index contributed by atoms with van der Waals surface area (Å²) < 4.78 is 20.1. The van der Waals surface area contributed by atoms with Crippen LogP contribution in [-0.4, -0.2) is 26.8 Å². The van der Waals surface area contributed by atoms with Gasteiger partial charge in [0.05, 0.1) is 4.90 Å². The summed E-state index contributed by atoms with van der Waals surface area (Å²) in [6, 6.07) is 11.1. The average Bonchev–Trinajstić information content (AvgIpc) is 3.01. The largest absolute Gasteiger partial charge is 0.356 e. The molecule has 1 aromatic carbocycles. The highest BCUT2D eigenvalue weighted by molar-refractivity contribution is 7.79. The molecule has 0 saturated carbocycles. The van der Waals surface area contributed by atoms with Crippen molar-refractivity contribution in [3.63, 3.8) is 0 Å². The second kappa shape index (κ2) is 5.73. The number of benzene rings is 1. The molecule has 104 valence electrons. The molecule has 1 aromatic heterocycles. The van der Waals surface area contributed by atoms with Gasteiger partial charge in [0.25, 0.3) is 0 Å². The Labute approximate surface area is 120 Å². The van der Waals surface area contributed by atoms with Crippen molar-refractivity contribution in [1.82, 2.24) is 4.98 Å². The Morgan fingerprint density at radius 1 is 1.10 bits per heavy atom. The van der Waals surface area contributed by atoms with Crippen molar-refractivity contribution in [3.8, 4) is 11.1 Å². The molecule has 1 fully saturated rings. The molecule has 2 heterocycles. The second-order valence-corrected chi connectivity index (χ2v) is 5.81. The number of anilines is 1. The predicted molar refractivity (Wildman–Crippen MR) is 80.2 cm³/mol. The molecule has 1 atom stereocenters. The SMILES string of the molecule is O=S(O)c1ccc(-c2cccnc2N2CCCC2)cc1. The van der Waals surface area contributed by atoms with Crippen LogP contribution < -0.4 is 4.90 Å². The van der Waals surface area contributed by atoms with Gasteiger partial charge in [0.15, 0.2) is 11.1 Å². The van der Waals surface area contributed by atoms with E-state index in [2.05, 4.69) is 9.88 Å². The summed E-state index contributed by atoms with van der Waals surface area (Å²) in [6.45, 7) is 2.09. The molecule has 0 spiro atoms. The van der Waals surface area contributed by atoms with Gasteiger partial charge in [-0.25, -0.2) is 9.19 Å². The van der Waals surface area contributed by atoms with Crippen LogP contribution in [0.1, 0.15) is 12.8 Å². The Balaban J connectivity index is 1.98. The minimum absolute atomic E-state index is 0.417. The Morgan fingerprint density at radius 2 is 1.80 bits per heavy atom. The van der Waals surface area contributed by atoms with Crippen LogP contribution in [0.2, 0.25) is 0 Å². The molecular formula is C15H16N2O2S. The summed E-state index contributed by atoms with van der Waals surface area (Å²) in [5, 5.41) is 0. The molecule has 0 aliphatic carbocycles. The highest BCUT2D eigenvalue weighted by atomic mass is 32.2. The Morgan fingerprint density at radius 3 is 2.45 bits per heavy atom. The second-order valence-electron chi connectivity index (χ2n) is 4.84. The highest BCUT2D eigenvalue weighted by Gasteiger charge is 2.17. The van der Waals surface area contributed by atoms with Gasteiger partial charge < -0.3 is 9.45 Å². The number of nitrogens with zero attached hydrogens (tertiary/aromatic N) is 2. The van der Waals surface area contributed by atoms with E-state index in [-0.39, 0.29) is 0 Å². The predicted octanol–water partition coefficient (Wildman–Crippen LogP) is 2.93. The molecule has 20 heavy (non-hydrogen) atoms. The minimum atomic E-state index is -1.93. The summed E-state index contributed by atoms with van der Waals surface area (Å²) in [5.41, 5.74) is 2.10. The van der Waals surface area contributed by atoms with E-state index >= 15 is 0 Å². The molecule has 1 aliphatic rings. The third-order valence-corrected chi connectivity index (χ3v) is 4.23. The van der Waals surface area contributed by atoms with Gasteiger partial charge in [-0.3, -0.25) is 0 Å². The third-order valence-electron chi connectivity index (χ3n) is 3.56. The van der Waals surface area contributed by atoms with Crippen LogP contribution in [-0.2, 0) is 11.1 Å². The lowest BCUT2D eigenvalue weighted by molar-refractivity contribution is 0.564. The first-order valence-corrected chi connectivity index (χ1v) is 7.77. The van der Waals surface area contributed by atoms with Gasteiger partial charge >= 0.3 is 0 Å². The zero-order valence-corrected chi connectivity index (χ0v) is 11.8. The first-order chi connectivity index (χ1) is 9.75. The fraction of sp³-hybridized carbons (Fsp3) is 0.267. The van der Waals surface area contributed by atoms with E-state index in [1.54, 1.807) is 12.1 Å². The molecule has 2 aromatic rings. The number of rotatable bonds is 3. The van der Waals surface area contributed by atoms with E-state index in [1.807, 2.05) is 30.5 Å². The molecule has 0 bridgehead atoms. The van der Waals surface area contributed by atoms with E-state index in [0.29, 0.717) is 4.90 Å².